The molecule has 0 aliphatic rings. The predicted octanol–water partition coefficient (Wildman–Crippen LogP) is 1.15. The first-order valence-corrected chi connectivity index (χ1v) is 5.77. The van der Waals surface area contributed by atoms with Gasteiger partial charge in [0, 0.05) is 25.4 Å². The number of aromatic amines is 1. The first kappa shape index (κ1) is 12.2. The maximum atomic E-state index is 11.5. The minimum Gasteiger partial charge on any atom is -0.484 e. The van der Waals surface area contributed by atoms with E-state index >= 15 is 0 Å². The van der Waals surface area contributed by atoms with Gasteiger partial charge in [0.15, 0.2) is 6.61 Å². The van der Waals surface area contributed by atoms with Crippen LogP contribution in [0.25, 0.3) is 0 Å². The lowest BCUT2D eigenvalue weighted by atomic mass is 10.3. The summed E-state index contributed by atoms with van der Waals surface area (Å²) in [6, 6.07) is 9.26. The Bertz CT molecular complexity index is 468. The van der Waals surface area contributed by atoms with E-state index in [0.29, 0.717) is 18.7 Å². The maximum Gasteiger partial charge on any atom is 0.257 e. The molecule has 5 nitrogen and oxygen atoms in total. The lowest BCUT2D eigenvalue weighted by Gasteiger charge is -2.06. The summed E-state index contributed by atoms with van der Waals surface area (Å²) >= 11 is 0. The summed E-state index contributed by atoms with van der Waals surface area (Å²) in [7, 11) is 0. The van der Waals surface area contributed by atoms with Crippen LogP contribution in [0.2, 0.25) is 0 Å². The summed E-state index contributed by atoms with van der Waals surface area (Å²) in [6.45, 7) is 0.576. The predicted molar refractivity (Wildman–Crippen MR) is 67.2 cm³/mol. The lowest BCUT2D eigenvalue weighted by molar-refractivity contribution is -0.123. The van der Waals surface area contributed by atoms with E-state index in [0.717, 1.165) is 5.82 Å². The van der Waals surface area contributed by atoms with Crippen molar-refractivity contribution in [1.29, 1.82) is 0 Å². The molecule has 2 N–H and O–H groups in total. The molecular formula is C13H15N3O2. The molecule has 1 heterocycles. The second-order valence-corrected chi connectivity index (χ2v) is 3.74. The number of hydrogen-bond acceptors (Lipinski definition) is 3. The molecule has 0 spiro atoms. The highest BCUT2D eigenvalue weighted by Crippen LogP contribution is 2.07. The second kappa shape index (κ2) is 6.44. The standard InChI is InChI=1S/C13H15N3O2/c17-13(10-18-11-4-2-1-3-5-11)16-7-6-12-14-8-9-15-12/h1-5,8-9H,6-7,10H2,(H,14,15)(H,16,17). The molecule has 0 fully saturated rings. The van der Waals surface area contributed by atoms with Crippen LogP contribution >= 0.6 is 0 Å². The Kier molecular flexibility index (Phi) is 4.35. The number of hydrogen-bond donors (Lipinski definition) is 2. The minimum atomic E-state index is -0.134. The molecule has 2 rings (SSSR count). The molecule has 94 valence electrons. The Morgan fingerprint density at radius 2 is 2.17 bits per heavy atom. The fourth-order valence-corrected chi connectivity index (χ4v) is 1.47. The largest absolute Gasteiger partial charge is 0.484 e. The van der Waals surface area contributed by atoms with Crippen LogP contribution in [0.5, 0.6) is 5.75 Å². The summed E-state index contributed by atoms with van der Waals surface area (Å²) in [5, 5.41) is 2.77. The zero-order chi connectivity index (χ0) is 12.6. The van der Waals surface area contributed by atoms with Gasteiger partial charge in [-0.15, -0.1) is 0 Å². The van der Waals surface area contributed by atoms with Crippen molar-refractivity contribution in [3.63, 3.8) is 0 Å². The normalized spacial score (nSPS) is 10.0. The van der Waals surface area contributed by atoms with E-state index in [9.17, 15) is 4.79 Å². The number of para-hydroxylation sites is 1. The molecule has 0 saturated carbocycles. The van der Waals surface area contributed by atoms with Crippen molar-refractivity contribution in [3.05, 3.63) is 48.5 Å². The smallest absolute Gasteiger partial charge is 0.257 e. The van der Waals surface area contributed by atoms with Crippen molar-refractivity contribution >= 4 is 5.91 Å². The summed E-state index contributed by atoms with van der Waals surface area (Å²) in [5.41, 5.74) is 0. The Labute approximate surface area is 105 Å². The molecular weight excluding hydrogens is 230 g/mol. The van der Waals surface area contributed by atoms with Crippen molar-refractivity contribution in [2.75, 3.05) is 13.2 Å². The lowest BCUT2D eigenvalue weighted by Crippen LogP contribution is -2.30. The summed E-state index contributed by atoms with van der Waals surface area (Å²) in [4.78, 5) is 18.5. The third-order valence-electron chi connectivity index (χ3n) is 2.35. The van der Waals surface area contributed by atoms with Crippen molar-refractivity contribution < 1.29 is 9.53 Å². The number of carbonyl (C=O) groups excluding carboxylic acids is 1. The number of ether oxygens (including phenoxy) is 1. The van der Waals surface area contributed by atoms with Crippen molar-refractivity contribution in [3.8, 4) is 5.75 Å². The highest BCUT2D eigenvalue weighted by molar-refractivity contribution is 5.77. The Balaban J connectivity index is 1.63. The minimum absolute atomic E-state index is 0.0299. The van der Waals surface area contributed by atoms with Crippen LogP contribution < -0.4 is 10.1 Å². The van der Waals surface area contributed by atoms with E-state index < -0.39 is 0 Å². The van der Waals surface area contributed by atoms with Crippen LogP contribution in [0.15, 0.2) is 42.7 Å². The van der Waals surface area contributed by atoms with Gasteiger partial charge in [0.2, 0.25) is 0 Å². The average Bonchev–Trinajstić information content (AvgIpc) is 2.91. The zero-order valence-corrected chi connectivity index (χ0v) is 9.93. The number of H-pyrrole nitrogens is 1. The first-order chi connectivity index (χ1) is 8.84. The average molecular weight is 245 g/mol. The van der Waals surface area contributed by atoms with E-state index in [1.807, 2.05) is 30.3 Å². The van der Waals surface area contributed by atoms with Gasteiger partial charge >= 0.3 is 0 Å². The fraction of sp³-hybridized carbons (Fsp3) is 0.231. The zero-order valence-electron chi connectivity index (χ0n) is 9.93. The number of nitrogens with zero attached hydrogens (tertiary/aromatic N) is 1. The highest BCUT2D eigenvalue weighted by Gasteiger charge is 2.02. The molecule has 5 heteroatoms. The maximum absolute atomic E-state index is 11.5. The fourth-order valence-electron chi connectivity index (χ4n) is 1.47. The molecule has 0 aliphatic carbocycles. The van der Waals surface area contributed by atoms with Gasteiger partial charge in [-0.05, 0) is 12.1 Å². The van der Waals surface area contributed by atoms with Gasteiger partial charge in [0.1, 0.15) is 11.6 Å². The molecule has 1 aromatic heterocycles. The van der Waals surface area contributed by atoms with Gasteiger partial charge in [0.05, 0.1) is 0 Å². The van der Waals surface area contributed by atoms with Crippen LogP contribution in [0.1, 0.15) is 5.82 Å². The van der Waals surface area contributed by atoms with E-state index in [-0.39, 0.29) is 12.5 Å². The summed E-state index contributed by atoms with van der Waals surface area (Å²) in [5.74, 6) is 1.42. The van der Waals surface area contributed by atoms with Gasteiger partial charge in [-0.3, -0.25) is 4.79 Å². The van der Waals surface area contributed by atoms with Gasteiger partial charge in [-0.1, -0.05) is 18.2 Å². The van der Waals surface area contributed by atoms with Crippen molar-refractivity contribution in [2.24, 2.45) is 0 Å². The van der Waals surface area contributed by atoms with Gasteiger partial charge in [-0.25, -0.2) is 4.98 Å². The van der Waals surface area contributed by atoms with Crippen LogP contribution in [-0.2, 0) is 11.2 Å². The third kappa shape index (κ3) is 3.93. The van der Waals surface area contributed by atoms with E-state index in [4.69, 9.17) is 4.74 Å². The number of imidazole rings is 1. The number of rotatable bonds is 6. The summed E-state index contributed by atoms with van der Waals surface area (Å²) < 4.78 is 5.32. The van der Waals surface area contributed by atoms with Gasteiger partial charge in [-0.2, -0.15) is 0 Å². The topological polar surface area (TPSA) is 67.0 Å². The van der Waals surface area contributed by atoms with Crippen LogP contribution in [0, 0.1) is 0 Å². The van der Waals surface area contributed by atoms with Crippen molar-refractivity contribution in [1.82, 2.24) is 15.3 Å². The van der Waals surface area contributed by atoms with Crippen molar-refractivity contribution in [2.45, 2.75) is 6.42 Å². The molecule has 0 atom stereocenters. The molecule has 0 bridgehead atoms. The van der Waals surface area contributed by atoms with Crippen LogP contribution in [0.3, 0.4) is 0 Å². The quantitative estimate of drug-likeness (QED) is 0.802. The number of nitrogens with one attached hydrogen (secondary N) is 2. The van der Waals surface area contributed by atoms with E-state index in [1.165, 1.54) is 0 Å². The van der Waals surface area contributed by atoms with E-state index in [2.05, 4.69) is 15.3 Å². The second-order valence-electron chi connectivity index (χ2n) is 3.74. The SMILES string of the molecule is O=C(COc1ccccc1)NCCc1ncc[nH]1. The van der Waals surface area contributed by atoms with Crippen LogP contribution in [-0.4, -0.2) is 29.0 Å². The molecule has 18 heavy (non-hydrogen) atoms. The first-order valence-electron chi connectivity index (χ1n) is 5.77. The number of carbonyl (C=O) groups is 1. The van der Waals surface area contributed by atoms with Crippen LogP contribution in [0.4, 0.5) is 0 Å². The molecule has 1 aromatic carbocycles. The highest BCUT2D eigenvalue weighted by atomic mass is 16.5. The molecule has 0 saturated heterocycles. The Hall–Kier alpha value is -2.30. The number of aromatic nitrogens is 2. The molecule has 2 aromatic rings. The Morgan fingerprint density at radius 3 is 2.89 bits per heavy atom. The molecule has 0 radical (unpaired) electrons. The molecule has 0 unspecified atom stereocenters. The van der Waals surface area contributed by atoms with Gasteiger partial charge < -0.3 is 15.0 Å². The third-order valence-corrected chi connectivity index (χ3v) is 2.35. The number of amides is 1. The summed E-state index contributed by atoms with van der Waals surface area (Å²) in [6.07, 6.45) is 4.13. The van der Waals surface area contributed by atoms with Gasteiger partial charge in [0.25, 0.3) is 5.91 Å². The number of benzene rings is 1. The molecule has 1 amide bonds. The van der Waals surface area contributed by atoms with E-state index in [1.54, 1.807) is 12.4 Å². The molecule has 0 aliphatic heterocycles. The Morgan fingerprint density at radius 1 is 1.33 bits per heavy atom. The monoisotopic (exact) mass is 245 g/mol.